The van der Waals surface area contributed by atoms with E-state index in [2.05, 4.69) is 5.32 Å². The van der Waals surface area contributed by atoms with E-state index >= 15 is 0 Å². The molecule has 1 fully saturated rings. The molecule has 1 N–H and O–H groups in total. The van der Waals surface area contributed by atoms with Crippen molar-refractivity contribution in [2.45, 2.75) is 30.6 Å². The van der Waals surface area contributed by atoms with E-state index in [-0.39, 0.29) is 18.4 Å². The van der Waals surface area contributed by atoms with Crippen molar-refractivity contribution >= 4 is 5.97 Å². The first kappa shape index (κ1) is 12.5. The van der Waals surface area contributed by atoms with E-state index in [1.807, 2.05) is 0 Å². The fourth-order valence-electron chi connectivity index (χ4n) is 2.84. The Morgan fingerprint density at radius 1 is 1.47 bits per heavy atom. The number of carbonyl (C=O) groups is 1. The van der Waals surface area contributed by atoms with E-state index in [9.17, 15) is 18.0 Å². The maximum Gasteiger partial charge on any atom is 0.416 e. The molecule has 0 bridgehead atoms. The zero-order chi connectivity index (χ0) is 13.8. The minimum atomic E-state index is -4.34. The summed E-state index contributed by atoms with van der Waals surface area (Å²) in [6.45, 7) is 0.255. The molecular weight excluding hydrogens is 259 g/mol. The van der Waals surface area contributed by atoms with Gasteiger partial charge in [0.25, 0.3) is 0 Å². The first-order valence-corrected chi connectivity index (χ1v) is 5.92. The van der Waals surface area contributed by atoms with Crippen LogP contribution in [0, 0.1) is 0 Å². The molecule has 1 aliphatic heterocycles. The Kier molecular flexibility index (Phi) is 2.44. The topological polar surface area (TPSA) is 38.3 Å². The first-order valence-electron chi connectivity index (χ1n) is 5.92. The summed E-state index contributed by atoms with van der Waals surface area (Å²) in [5.41, 5.74) is 0.0508. The van der Waals surface area contributed by atoms with Crippen LogP contribution in [0.15, 0.2) is 18.2 Å². The molecule has 0 saturated heterocycles. The number of fused-ring (bicyclic) bond motifs is 3. The number of esters is 1. The van der Waals surface area contributed by atoms with Gasteiger partial charge in [0.15, 0.2) is 0 Å². The van der Waals surface area contributed by atoms with Crippen LogP contribution in [0.25, 0.3) is 0 Å². The zero-order valence-electron chi connectivity index (χ0n) is 10.2. The summed E-state index contributed by atoms with van der Waals surface area (Å²) in [6, 6.07) is 3.71. The molecule has 0 spiro atoms. The largest absolute Gasteiger partial charge is 0.468 e. The van der Waals surface area contributed by atoms with Crippen LogP contribution in [0.4, 0.5) is 13.2 Å². The summed E-state index contributed by atoms with van der Waals surface area (Å²) >= 11 is 0. The molecule has 0 amide bonds. The first-order chi connectivity index (χ1) is 8.88. The molecule has 2 atom stereocenters. The molecule has 6 heteroatoms. The minimum Gasteiger partial charge on any atom is -0.468 e. The fourth-order valence-corrected chi connectivity index (χ4v) is 2.84. The lowest BCUT2D eigenvalue weighted by Gasteiger charge is -2.24. The average Bonchev–Trinajstić information content (AvgIpc) is 3.12. The Morgan fingerprint density at radius 2 is 2.21 bits per heavy atom. The number of alkyl halides is 3. The highest BCUT2D eigenvalue weighted by atomic mass is 19.4. The standard InChI is InChI=1S/C13H12F3NO2/c1-19-11(18)12-5-10(12)9-3-2-8(13(14,15)16)4-7(9)6-17-12/h2-4,10,17H,5-6H2,1H3/t10-,12-/m0/s1. The summed E-state index contributed by atoms with van der Waals surface area (Å²) in [6.07, 6.45) is -3.76. The van der Waals surface area contributed by atoms with Crippen LogP contribution >= 0.6 is 0 Å². The highest BCUT2D eigenvalue weighted by Gasteiger charge is 2.63. The van der Waals surface area contributed by atoms with Crippen molar-refractivity contribution in [2.75, 3.05) is 7.11 Å². The summed E-state index contributed by atoms with van der Waals surface area (Å²) in [4.78, 5) is 11.7. The highest BCUT2D eigenvalue weighted by Crippen LogP contribution is 2.55. The SMILES string of the molecule is COC(=O)[C@]12C[C@H]1c1ccc(C(F)(F)F)cc1CN2. The number of hydrogen-bond acceptors (Lipinski definition) is 3. The van der Waals surface area contributed by atoms with E-state index in [4.69, 9.17) is 4.74 Å². The van der Waals surface area contributed by atoms with Crippen molar-refractivity contribution in [2.24, 2.45) is 0 Å². The molecule has 19 heavy (non-hydrogen) atoms. The van der Waals surface area contributed by atoms with Gasteiger partial charge in [0, 0.05) is 12.5 Å². The number of hydrogen-bond donors (Lipinski definition) is 1. The maximum absolute atomic E-state index is 12.6. The van der Waals surface area contributed by atoms with Crippen LogP contribution in [0.2, 0.25) is 0 Å². The molecule has 0 unspecified atom stereocenters. The van der Waals surface area contributed by atoms with Gasteiger partial charge in [0.2, 0.25) is 0 Å². The molecule has 0 aromatic heterocycles. The monoisotopic (exact) mass is 271 g/mol. The van der Waals surface area contributed by atoms with Crippen molar-refractivity contribution in [3.8, 4) is 0 Å². The molecule has 1 aromatic carbocycles. The lowest BCUT2D eigenvalue weighted by atomic mass is 9.94. The van der Waals surface area contributed by atoms with Gasteiger partial charge in [-0.05, 0) is 29.7 Å². The molecule has 1 saturated carbocycles. The third-order valence-electron chi connectivity index (χ3n) is 3.95. The minimum absolute atomic E-state index is 0.0778. The van der Waals surface area contributed by atoms with E-state index in [0.717, 1.165) is 17.7 Å². The van der Waals surface area contributed by atoms with Crippen molar-refractivity contribution < 1.29 is 22.7 Å². The number of benzene rings is 1. The van der Waals surface area contributed by atoms with E-state index in [1.54, 1.807) is 0 Å². The smallest absolute Gasteiger partial charge is 0.416 e. The van der Waals surface area contributed by atoms with Gasteiger partial charge in [0.05, 0.1) is 12.7 Å². The van der Waals surface area contributed by atoms with Crippen LogP contribution in [0.1, 0.15) is 29.0 Å². The molecule has 2 aliphatic rings. The van der Waals surface area contributed by atoms with Crippen LogP contribution in [-0.2, 0) is 22.3 Å². The fraction of sp³-hybridized carbons (Fsp3) is 0.462. The van der Waals surface area contributed by atoms with Gasteiger partial charge in [-0.3, -0.25) is 10.1 Å². The Balaban J connectivity index is 1.95. The number of methoxy groups -OCH3 is 1. The summed E-state index contributed by atoms with van der Waals surface area (Å²) in [5, 5.41) is 3.01. The molecule has 1 aliphatic carbocycles. The number of carbonyl (C=O) groups excluding carboxylic acids is 1. The van der Waals surface area contributed by atoms with Crippen molar-refractivity contribution in [1.82, 2.24) is 5.32 Å². The number of ether oxygens (including phenoxy) is 1. The van der Waals surface area contributed by atoms with Crippen molar-refractivity contribution in [3.63, 3.8) is 0 Å². The van der Waals surface area contributed by atoms with Crippen LogP contribution in [-0.4, -0.2) is 18.6 Å². The number of rotatable bonds is 1. The van der Waals surface area contributed by atoms with Gasteiger partial charge in [-0.2, -0.15) is 13.2 Å². The van der Waals surface area contributed by atoms with Crippen molar-refractivity contribution in [1.29, 1.82) is 0 Å². The summed E-state index contributed by atoms with van der Waals surface area (Å²) in [5.74, 6) is -0.422. The van der Waals surface area contributed by atoms with E-state index in [0.29, 0.717) is 12.0 Å². The number of halogens is 3. The molecule has 102 valence electrons. The lowest BCUT2D eigenvalue weighted by Crippen LogP contribution is -2.43. The number of nitrogens with one attached hydrogen (secondary N) is 1. The van der Waals surface area contributed by atoms with Gasteiger partial charge in [-0.25, -0.2) is 0 Å². The van der Waals surface area contributed by atoms with Gasteiger partial charge in [-0.1, -0.05) is 6.07 Å². The Morgan fingerprint density at radius 3 is 2.84 bits per heavy atom. The highest BCUT2D eigenvalue weighted by molar-refractivity contribution is 5.87. The molecule has 3 nitrogen and oxygen atoms in total. The third-order valence-corrected chi connectivity index (χ3v) is 3.95. The van der Waals surface area contributed by atoms with Gasteiger partial charge < -0.3 is 4.74 Å². The maximum atomic E-state index is 12.6. The zero-order valence-corrected chi connectivity index (χ0v) is 10.2. The van der Waals surface area contributed by atoms with Crippen LogP contribution in [0.5, 0.6) is 0 Å². The van der Waals surface area contributed by atoms with Crippen LogP contribution in [0.3, 0.4) is 0 Å². The van der Waals surface area contributed by atoms with Crippen LogP contribution < -0.4 is 5.32 Å². The molecule has 1 heterocycles. The Hall–Kier alpha value is -1.56. The second-order valence-electron chi connectivity index (χ2n) is 4.98. The van der Waals surface area contributed by atoms with E-state index in [1.165, 1.54) is 13.2 Å². The van der Waals surface area contributed by atoms with Gasteiger partial charge >= 0.3 is 12.1 Å². The molecule has 0 radical (unpaired) electrons. The summed E-state index contributed by atoms with van der Waals surface area (Å²) in [7, 11) is 1.32. The summed E-state index contributed by atoms with van der Waals surface area (Å²) < 4.78 is 42.6. The normalized spacial score (nSPS) is 28.3. The average molecular weight is 271 g/mol. The second kappa shape index (κ2) is 3.72. The molecule has 3 rings (SSSR count). The van der Waals surface area contributed by atoms with Gasteiger partial charge in [-0.15, -0.1) is 0 Å². The molecule has 1 aromatic rings. The van der Waals surface area contributed by atoms with Crippen molar-refractivity contribution in [3.05, 3.63) is 34.9 Å². The quantitative estimate of drug-likeness (QED) is 0.796. The van der Waals surface area contributed by atoms with Gasteiger partial charge in [0.1, 0.15) is 5.54 Å². The lowest BCUT2D eigenvalue weighted by molar-refractivity contribution is -0.145. The molecular formula is C13H12F3NO2. The predicted molar refractivity (Wildman–Crippen MR) is 60.4 cm³/mol. The predicted octanol–water partition coefficient (Wildman–Crippen LogP) is 2.21. The Labute approximate surface area is 107 Å². The van der Waals surface area contributed by atoms with E-state index < -0.39 is 17.3 Å². The third kappa shape index (κ3) is 1.74. The Bertz CT molecular complexity index is 555. The second-order valence-corrected chi connectivity index (χ2v) is 4.98.